The molecule has 1 aliphatic heterocycles. The fourth-order valence-electron chi connectivity index (χ4n) is 3.82. The zero-order valence-corrected chi connectivity index (χ0v) is 15.2. The minimum absolute atomic E-state index is 0.0403. The van der Waals surface area contributed by atoms with Crippen LogP contribution in [0, 0.1) is 12.8 Å². The number of carbonyl (C=O) groups is 1. The Bertz CT molecular complexity index is 749. The first kappa shape index (κ1) is 17.4. The fourth-order valence-corrected chi connectivity index (χ4v) is 5.49. The molecule has 4 nitrogen and oxygen atoms in total. The predicted molar refractivity (Wildman–Crippen MR) is 94.2 cm³/mol. The Labute approximate surface area is 144 Å². The highest BCUT2D eigenvalue weighted by molar-refractivity contribution is 7.89. The van der Waals surface area contributed by atoms with Gasteiger partial charge in [-0.3, -0.25) is 4.79 Å². The maximum absolute atomic E-state index is 13.1. The molecule has 130 valence electrons. The molecule has 0 N–H and O–H groups in total. The molecule has 0 bridgehead atoms. The SMILES string of the molecule is CCCCC1=CC(=O)[C@@H]2[C@H]1CCCN2S(=O)(=O)c1ccc(C)cc1. The van der Waals surface area contributed by atoms with Gasteiger partial charge in [0.1, 0.15) is 0 Å². The highest BCUT2D eigenvalue weighted by atomic mass is 32.2. The monoisotopic (exact) mass is 347 g/mol. The molecular weight excluding hydrogens is 322 g/mol. The van der Waals surface area contributed by atoms with E-state index in [0.29, 0.717) is 6.54 Å². The second kappa shape index (κ2) is 6.81. The molecule has 0 radical (unpaired) electrons. The van der Waals surface area contributed by atoms with Crippen LogP contribution in [0.4, 0.5) is 0 Å². The van der Waals surface area contributed by atoms with E-state index in [1.807, 2.05) is 6.92 Å². The number of ketones is 1. The predicted octanol–water partition coefficient (Wildman–Crippen LogP) is 3.46. The van der Waals surface area contributed by atoms with Crippen LogP contribution in [0.5, 0.6) is 0 Å². The normalized spacial score (nSPS) is 24.8. The van der Waals surface area contributed by atoms with Gasteiger partial charge >= 0.3 is 0 Å². The van der Waals surface area contributed by atoms with Crippen molar-refractivity contribution in [2.45, 2.75) is 56.9 Å². The molecule has 3 rings (SSSR count). The average molecular weight is 347 g/mol. The number of aryl methyl sites for hydroxylation is 1. The van der Waals surface area contributed by atoms with E-state index in [2.05, 4.69) is 6.92 Å². The summed E-state index contributed by atoms with van der Waals surface area (Å²) < 4.78 is 27.6. The molecule has 0 unspecified atom stereocenters. The number of rotatable bonds is 5. The lowest BCUT2D eigenvalue weighted by molar-refractivity contribution is -0.118. The van der Waals surface area contributed by atoms with Crippen molar-refractivity contribution in [2.24, 2.45) is 5.92 Å². The number of benzene rings is 1. The summed E-state index contributed by atoms with van der Waals surface area (Å²) in [6.45, 7) is 4.49. The van der Waals surface area contributed by atoms with Gasteiger partial charge in [-0.25, -0.2) is 8.42 Å². The van der Waals surface area contributed by atoms with Gasteiger partial charge < -0.3 is 0 Å². The van der Waals surface area contributed by atoms with E-state index < -0.39 is 16.1 Å². The Balaban J connectivity index is 1.89. The van der Waals surface area contributed by atoms with Crippen molar-refractivity contribution in [1.82, 2.24) is 4.31 Å². The van der Waals surface area contributed by atoms with Crippen LogP contribution in [0.2, 0.25) is 0 Å². The minimum atomic E-state index is -3.63. The molecule has 1 aromatic carbocycles. The van der Waals surface area contributed by atoms with Crippen LogP contribution < -0.4 is 0 Å². The van der Waals surface area contributed by atoms with Crippen LogP contribution >= 0.6 is 0 Å². The molecule has 1 fully saturated rings. The third-order valence-electron chi connectivity index (χ3n) is 5.13. The summed E-state index contributed by atoms with van der Waals surface area (Å²) in [7, 11) is -3.63. The van der Waals surface area contributed by atoms with Crippen LogP contribution in [0.15, 0.2) is 40.8 Å². The van der Waals surface area contributed by atoms with Crippen molar-refractivity contribution in [1.29, 1.82) is 0 Å². The summed E-state index contributed by atoms with van der Waals surface area (Å²) in [5.41, 5.74) is 2.17. The molecule has 1 aromatic rings. The standard InChI is InChI=1S/C19H25NO3S/c1-3-4-6-15-13-18(21)19-17(15)7-5-12-20(19)24(22,23)16-10-8-14(2)9-11-16/h8-11,13,17,19H,3-7,12H2,1-2H3/t17-,19-/m0/s1. The Hall–Kier alpha value is -1.46. The molecule has 5 heteroatoms. The largest absolute Gasteiger partial charge is 0.293 e. The summed E-state index contributed by atoms with van der Waals surface area (Å²) >= 11 is 0. The summed E-state index contributed by atoms with van der Waals surface area (Å²) in [6, 6.07) is 6.35. The Morgan fingerprint density at radius 1 is 1.21 bits per heavy atom. The summed E-state index contributed by atoms with van der Waals surface area (Å²) in [5.74, 6) is 0.0273. The van der Waals surface area contributed by atoms with Crippen LogP contribution in [0.3, 0.4) is 0 Å². The van der Waals surface area contributed by atoms with E-state index in [1.165, 1.54) is 4.31 Å². The van der Waals surface area contributed by atoms with E-state index >= 15 is 0 Å². The molecule has 0 amide bonds. The number of sulfonamides is 1. The lowest BCUT2D eigenvalue weighted by Gasteiger charge is -2.36. The quantitative estimate of drug-likeness (QED) is 0.819. The van der Waals surface area contributed by atoms with Crippen LogP contribution in [-0.4, -0.2) is 31.1 Å². The van der Waals surface area contributed by atoms with Crippen LogP contribution in [0.1, 0.15) is 44.6 Å². The molecule has 0 aromatic heterocycles. The second-order valence-corrected chi connectivity index (χ2v) is 8.74. The molecule has 0 spiro atoms. The molecule has 2 aliphatic rings. The van der Waals surface area contributed by atoms with Gasteiger partial charge in [-0.05, 0) is 50.8 Å². The Morgan fingerprint density at radius 2 is 1.92 bits per heavy atom. The van der Waals surface area contributed by atoms with Crippen LogP contribution in [0.25, 0.3) is 0 Å². The van der Waals surface area contributed by atoms with Gasteiger partial charge in [-0.15, -0.1) is 0 Å². The van der Waals surface area contributed by atoms with Gasteiger partial charge in [-0.2, -0.15) is 4.31 Å². The van der Waals surface area contributed by atoms with Crippen molar-refractivity contribution < 1.29 is 13.2 Å². The molecule has 1 saturated heterocycles. The van der Waals surface area contributed by atoms with Crippen molar-refractivity contribution in [3.63, 3.8) is 0 Å². The van der Waals surface area contributed by atoms with E-state index in [4.69, 9.17) is 0 Å². The summed E-state index contributed by atoms with van der Waals surface area (Å²) in [4.78, 5) is 12.8. The number of piperidine rings is 1. The number of nitrogens with zero attached hydrogens (tertiary/aromatic N) is 1. The number of unbranched alkanes of at least 4 members (excludes halogenated alkanes) is 1. The topological polar surface area (TPSA) is 54.5 Å². The minimum Gasteiger partial charge on any atom is -0.293 e. The third-order valence-corrected chi connectivity index (χ3v) is 7.02. The van der Waals surface area contributed by atoms with Crippen molar-refractivity contribution in [2.75, 3.05) is 6.54 Å². The Kier molecular flexibility index (Phi) is 4.92. The number of carbonyl (C=O) groups excluding carboxylic acids is 1. The first-order valence-corrected chi connectivity index (χ1v) is 10.2. The highest BCUT2D eigenvalue weighted by Crippen LogP contribution is 2.40. The fraction of sp³-hybridized carbons (Fsp3) is 0.526. The van der Waals surface area contributed by atoms with Crippen molar-refractivity contribution >= 4 is 15.8 Å². The van der Waals surface area contributed by atoms with E-state index in [9.17, 15) is 13.2 Å². The van der Waals surface area contributed by atoms with Gasteiger partial charge in [0.25, 0.3) is 0 Å². The Morgan fingerprint density at radius 3 is 2.58 bits per heavy atom. The highest BCUT2D eigenvalue weighted by Gasteiger charge is 2.46. The van der Waals surface area contributed by atoms with Gasteiger partial charge in [-0.1, -0.05) is 36.6 Å². The molecule has 1 heterocycles. The van der Waals surface area contributed by atoms with E-state index in [1.54, 1.807) is 30.3 Å². The first-order chi connectivity index (χ1) is 11.4. The smallest absolute Gasteiger partial charge is 0.243 e. The van der Waals surface area contributed by atoms with Gasteiger partial charge in [0.15, 0.2) is 5.78 Å². The number of fused-ring (bicyclic) bond motifs is 1. The maximum atomic E-state index is 13.1. The molecule has 0 saturated carbocycles. The third kappa shape index (κ3) is 3.07. The zero-order chi connectivity index (χ0) is 17.3. The van der Waals surface area contributed by atoms with E-state index in [0.717, 1.165) is 43.2 Å². The van der Waals surface area contributed by atoms with Gasteiger partial charge in [0, 0.05) is 12.5 Å². The van der Waals surface area contributed by atoms with Crippen LogP contribution in [-0.2, 0) is 14.8 Å². The lowest BCUT2D eigenvalue weighted by Crippen LogP contribution is -2.50. The molecule has 24 heavy (non-hydrogen) atoms. The van der Waals surface area contributed by atoms with Crippen molar-refractivity contribution in [3.8, 4) is 0 Å². The first-order valence-electron chi connectivity index (χ1n) is 8.78. The molecular formula is C19H25NO3S. The molecule has 2 atom stereocenters. The zero-order valence-electron chi connectivity index (χ0n) is 14.4. The summed E-state index contributed by atoms with van der Waals surface area (Å²) in [6.07, 6.45) is 6.46. The van der Waals surface area contributed by atoms with Gasteiger partial charge in [0.05, 0.1) is 10.9 Å². The lowest BCUT2D eigenvalue weighted by atomic mass is 9.87. The maximum Gasteiger partial charge on any atom is 0.243 e. The summed E-state index contributed by atoms with van der Waals surface area (Å²) in [5, 5.41) is 0. The average Bonchev–Trinajstić information content (AvgIpc) is 2.89. The van der Waals surface area contributed by atoms with Gasteiger partial charge in [0.2, 0.25) is 10.0 Å². The molecule has 1 aliphatic carbocycles. The number of hydrogen-bond acceptors (Lipinski definition) is 3. The number of hydrogen-bond donors (Lipinski definition) is 0. The van der Waals surface area contributed by atoms with E-state index in [-0.39, 0.29) is 16.6 Å². The second-order valence-electron chi connectivity index (χ2n) is 6.85. The van der Waals surface area contributed by atoms with Crippen molar-refractivity contribution in [3.05, 3.63) is 41.5 Å².